The summed E-state index contributed by atoms with van der Waals surface area (Å²) in [5, 5.41) is 20.2. The predicted molar refractivity (Wildman–Crippen MR) is 111 cm³/mol. The van der Waals surface area contributed by atoms with Crippen LogP contribution in [0.2, 0.25) is 0 Å². The number of para-hydroxylation sites is 1. The number of aromatic nitrogens is 1. The van der Waals surface area contributed by atoms with Crippen LogP contribution in [0.25, 0.3) is 21.8 Å². The molecule has 0 aliphatic carbocycles. The van der Waals surface area contributed by atoms with Gasteiger partial charge in [-0.1, -0.05) is 48.5 Å². The van der Waals surface area contributed by atoms with E-state index in [4.69, 9.17) is 4.42 Å². The van der Waals surface area contributed by atoms with Gasteiger partial charge < -0.3 is 19.2 Å². The van der Waals surface area contributed by atoms with Crippen molar-refractivity contribution in [3.8, 4) is 0 Å². The molecule has 152 valence electrons. The molecule has 2 N–H and O–H groups in total. The minimum Gasteiger partial charge on any atom is -0.480 e. The maximum atomic E-state index is 12.9. The fraction of sp³-hybridized carbons (Fsp3) is 0.174. The predicted octanol–water partition coefficient (Wildman–Crippen LogP) is 3.51. The van der Waals surface area contributed by atoms with E-state index in [0.717, 1.165) is 23.4 Å². The zero-order chi connectivity index (χ0) is 21.5. The highest BCUT2D eigenvalue weighted by atomic mass is 16.4. The number of hydrogen-bond acceptors (Lipinski definition) is 4. The van der Waals surface area contributed by atoms with Crippen LogP contribution in [0.4, 0.5) is 0 Å². The third kappa shape index (κ3) is 3.14. The Bertz CT molecular complexity index is 1320. The Hall–Kier alpha value is -3.87. The summed E-state index contributed by atoms with van der Waals surface area (Å²) in [4.78, 5) is 36.0. The molecule has 0 aliphatic heterocycles. The average molecular weight is 405 g/mol. The van der Waals surface area contributed by atoms with Crippen molar-refractivity contribution < 1.29 is 24.2 Å². The second kappa shape index (κ2) is 7.18. The summed E-state index contributed by atoms with van der Waals surface area (Å²) in [6.45, 7) is 1.55. The molecule has 2 aromatic carbocycles. The van der Waals surface area contributed by atoms with E-state index in [2.05, 4.69) is 0 Å². The second-order valence-corrected chi connectivity index (χ2v) is 7.47. The van der Waals surface area contributed by atoms with Crippen LogP contribution in [0.1, 0.15) is 18.2 Å². The summed E-state index contributed by atoms with van der Waals surface area (Å²) < 4.78 is 7.26. The molecule has 0 saturated carbocycles. The van der Waals surface area contributed by atoms with E-state index >= 15 is 0 Å². The first kappa shape index (κ1) is 19.4. The largest absolute Gasteiger partial charge is 0.480 e. The first-order chi connectivity index (χ1) is 14.3. The lowest BCUT2D eigenvalue weighted by Crippen LogP contribution is -2.38. The number of hydrogen-bond donors (Lipinski definition) is 2. The van der Waals surface area contributed by atoms with Gasteiger partial charge in [-0.3, -0.25) is 9.59 Å². The Balaban J connectivity index is 1.92. The van der Waals surface area contributed by atoms with Crippen molar-refractivity contribution in [3.05, 3.63) is 82.4 Å². The molecular formula is C23H19NO6. The highest BCUT2D eigenvalue weighted by Crippen LogP contribution is 2.31. The summed E-state index contributed by atoms with van der Waals surface area (Å²) in [6.07, 6.45) is -0.443. The molecule has 0 bridgehead atoms. The molecule has 0 aliphatic rings. The first-order valence-electron chi connectivity index (χ1n) is 9.36. The normalized spacial score (nSPS) is 11.8. The van der Waals surface area contributed by atoms with Crippen LogP contribution in [-0.2, 0) is 22.6 Å². The van der Waals surface area contributed by atoms with Crippen LogP contribution < -0.4 is 5.63 Å². The summed E-state index contributed by atoms with van der Waals surface area (Å²) in [5.74, 6) is -2.98. The molecule has 0 fully saturated rings. The highest BCUT2D eigenvalue weighted by molar-refractivity contribution is 6.07. The van der Waals surface area contributed by atoms with Crippen molar-refractivity contribution in [2.45, 2.75) is 19.9 Å². The lowest BCUT2D eigenvalue weighted by Gasteiger charge is -2.18. The van der Waals surface area contributed by atoms with Crippen molar-refractivity contribution in [2.24, 2.45) is 5.41 Å². The maximum Gasteiger partial charge on any atom is 0.360 e. The minimum absolute atomic E-state index is 0.0161. The minimum atomic E-state index is -2.11. The van der Waals surface area contributed by atoms with Gasteiger partial charge in [0.1, 0.15) is 11.3 Å². The van der Waals surface area contributed by atoms with Crippen molar-refractivity contribution >= 4 is 33.7 Å². The zero-order valence-corrected chi connectivity index (χ0v) is 16.2. The molecule has 4 aromatic rings. The van der Waals surface area contributed by atoms with Gasteiger partial charge in [-0.05, 0) is 24.6 Å². The second-order valence-electron chi connectivity index (χ2n) is 7.47. The fourth-order valence-corrected chi connectivity index (χ4v) is 3.66. The Morgan fingerprint density at radius 1 is 0.967 bits per heavy atom. The van der Waals surface area contributed by atoms with Gasteiger partial charge in [0.25, 0.3) is 0 Å². The van der Waals surface area contributed by atoms with Gasteiger partial charge in [-0.2, -0.15) is 0 Å². The van der Waals surface area contributed by atoms with Crippen LogP contribution in [0.15, 0.2) is 69.9 Å². The van der Waals surface area contributed by atoms with Gasteiger partial charge in [0.2, 0.25) is 0 Å². The number of carboxylic acids is 2. The number of nitrogens with zero attached hydrogens (tertiary/aromatic N) is 1. The Kier molecular flexibility index (Phi) is 4.66. The van der Waals surface area contributed by atoms with Crippen LogP contribution in [0, 0.1) is 5.41 Å². The van der Waals surface area contributed by atoms with Crippen molar-refractivity contribution in [3.63, 3.8) is 0 Å². The van der Waals surface area contributed by atoms with E-state index in [-0.39, 0.29) is 5.76 Å². The molecule has 2 aromatic heterocycles. The molecule has 0 radical (unpaired) electrons. The van der Waals surface area contributed by atoms with Gasteiger partial charge in [0.15, 0.2) is 5.41 Å². The molecule has 0 atom stereocenters. The number of benzene rings is 2. The number of rotatable bonds is 6. The summed E-state index contributed by atoms with van der Waals surface area (Å²) in [6, 6.07) is 18.7. The molecule has 30 heavy (non-hydrogen) atoms. The maximum absolute atomic E-state index is 12.9. The van der Waals surface area contributed by atoms with Crippen LogP contribution in [0.3, 0.4) is 0 Å². The Morgan fingerprint density at radius 3 is 2.27 bits per heavy atom. The highest BCUT2D eigenvalue weighted by Gasteiger charge is 2.42. The summed E-state index contributed by atoms with van der Waals surface area (Å²) in [5.41, 5.74) is -0.539. The lowest BCUT2D eigenvalue weighted by molar-refractivity contribution is -0.163. The van der Waals surface area contributed by atoms with Crippen molar-refractivity contribution in [2.75, 3.05) is 0 Å². The first-order valence-corrected chi connectivity index (χ1v) is 9.36. The summed E-state index contributed by atoms with van der Waals surface area (Å²) in [7, 11) is 0. The molecule has 0 spiro atoms. The quantitative estimate of drug-likeness (QED) is 0.475. The molecule has 0 saturated heterocycles. The molecule has 0 amide bonds. The SMILES string of the molecule is CC(Cc1cc2c3ccccc3n(Cc3ccccc3)c2c(=O)o1)(C(=O)O)C(=O)O. The number of fused-ring (bicyclic) bond motifs is 3. The van der Waals surface area contributed by atoms with Gasteiger partial charge >= 0.3 is 17.6 Å². The van der Waals surface area contributed by atoms with Crippen LogP contribution in [0.5, 0.6) is 0 Å². The summed E-state index contributed by atoms with van der Waals surface area (Å²) >= 11 is 0. The van der Waals surface area contributed by atoms with E-state index in [1.165, 1.54) is 0 Å². The molecule has 4 rings (SSSR count). The third-order valence-electron chi connectivity index (χ3n) is 5.39. The monoisotopic (exact) mass is 405 g/mol. The third-order valence-corrected chi connectivity index (χ3v) is 5.39. The number of aliphatic carboxylic acids is 2. The molecular weight excluding hydrogens is 386 g/mol. The van der Waals surface area contributed by atoms with Crippen molar-refractivity contribution in [1.29, 1.82) is 0 Å². The van der Waals surface area contributed by atoms with E-state index < -0.39 is 29.4 Å². The topological polar surface area (TPSA) is 110 Å². The van der Waals surface area contributed by atoms with Crippen molar-refractivity contribution in [1.82, 2.24) is 4.57 Å². The average Bonchev–Trinajstić information content (AvgIpc) is 3.03. The van der Waals surface area contributed by atoms with E-state index in [9.17, 15) is 24.6 Å². The Labute approximate surface area is 170 Å². The molecule has 0 unspecified atom stereocenters. The van der Waals surface area contributed by atoms with Gasteiger partial charge in [0, 0.05) is 29.3 Å². The van der Waals surface area contributed by atoms with E-state index in [1.54, 1.807) is 6.07 Å². The van der Waals surface area contributed by atoms with E-state index in [1.807, 2.05) is 59.2 Å². The van der Waals surface area contributed by atoms with Crippen LogP contribution in [-0.4, -0.2) is 26.7 Å². The van der Waals surface area contributed by atoms with E-state index in [0.29, 0.717) is 17.4 Å². The Morgan fingerprint density at radius 2 is 1.60 bits per heavy atom. The van der Waals surface area contributed by atoms with Gasteiger partial charge in [-0.25, -0.2) is 4.79 Å². The molecule has 2 heterocycles. The molecule has 7 nitrogen and oxygen atoms in total. The fourth-order valence-electron chi connectivity index (χ4n) is 3.66. The van der Waals surface area contributed by atoms with Gasteiger partial charge in [-0.15, -0.1) is 0 Å². The number of carboxylic acid groups (broad SMARTS) is 2. The lowest BCUT2D eigenvalue weighted by atomic mass is 9.85. The standard InChI is InChI=1S/C23H19NO6/c1-23(21(26)27,22(28)29)12-15-11-17-16-9-5-6-10-18(16)24(19(17)20(25)30-15)13-14-7-3-2-4-8-14/h2-11H,12-13H2,1H3,(H,26,27)(H,28,29). The van der Waals surface area contributed by atoms with Gasteiger partial charge in [0.05, 0.1) is 0 Å². The molecule has 7 heteroatoms. The smallest absolute Gasteiger partial charge is 0.360 e. The number of carbonyl (C=O) groups is 2. The van der Waals surface area contributed by atoms with Crippen LogP contribution >= 0.6 is 0 Å². The zero-order valence-electron chi connectivity index (χ0n) is 16.2.